The number of methoxy groups -OCH3 is 1. The van der Waals surface area contributed by atoms with E-state index in [9.17, 15) is 9.59 Å². The molecule has 0 fully saturated rings. The van der Waals surface area contributed by atoms with Crippen molar-refractivity contribution in [3.63, 3.8) is 0 Å². The summed E-state index contributed by atoms with van der Waals surface area (Å²) in [4.78, 5) is 21.4. The predicted molar refractivity (Wildman–Crippen MR) is 42.7 cm³/mol. The Labute approximate surface area is 75.8 Å². The van der Waals surface area contributed by atoms with Crippen molar-refractivity contribution in [3.05, 3.63) is 20.6 Å². The van der Waals surface area contributed by atoms with Crippen molar-refractivity contribution in [1.82, 2.24) is 5.16 Å². The molecule has 0 saturated carbocycles. The summed E-state index contributed by atoms with van der Waals surface area (Å²) >= 11 is 2.96. The van der Waals surface area contributed by atoms with E-state index < -0.39 is 11.6 Å². The summed E-state index contributed by atoms with van der Waals surface area (Å²) in [5.74, 6) is -0.437. The van der Waals surface area contributed by atoms with Gasteiger partial charge in [-0.05, 0) is 15.9 Å². The number of rotatable bonds is 2. The predicted octanol–water partition coefficient (Wildman–Crippen LogP) is 0.446. The number of carbonyl (C=O) groups is 1. The lowest BCUT2D eigenvalue weighted by Crippen LogP contribution is -2.05. The summed E-state index contributed by atoms with van der Waals surface area (Å²) < 4.78 is 9.03. The Hall–Kier alpha value is -1.04. The van der Waals surface area contributed by atoms with Crippen molar-refractivity contribution < 1.29 is 14.1 Å². The highest BCUT2D eigenvalue weighted by Crippen LogP contribution is 2.09. The van der Waals surface area contributed by atoms with E-state index >= 15 is 0 Å². The summed E-state index contributed by atoms with van der Waals surface area (Å²) in [6.07, 6.45) is -0.0111. The Bertz CT molecular complexity index is 340. The van der Waals surface area contributed by atoms with Gasteiger partial charge in [0, 0.05) is 0 Å². The number of aromatic amines is 1. The highest BCUT2D eigenvalue weighted by Gasteiger charge is 2.12. The highest BCUT2D eigenvalue weighted by molar-refractivity contribution is 9.10. The molecule has 0 spiro atoms. The fraction of sp³-hybridized carbons (Fsp3) is 0.333. The third-order valence-electron chi connectivity index (χ3n) is 1.26. The monoisotopic (exact) mass is 235 g/mol. The Balaban J connectivity index is 2.83. The van der Waals surface area contributed by atoms with Gasteiger partial charge in [-0.3, -0.25) is 4.79 Å². The molecule has 0 aliphatic rings. The van der Waals surface area contributed by atoms with Gasteiger partial charge in [-0.15, -0.1) is 0 Å². The maximum atomic E-state index is 10.7. The van der Waals surface area contributed by atoms with Gasteiger partial charge in [0.15, 0.2) is 0 Å². The SMILES string of the molecule is COC(=O)Cc1[nH]oc(=O)c1Br. The molecule has 0 unspecified atom stereocenters. The molecule has 0 atom stereocenters. The summed E-state index contributed by atoms with van der Waals surface area (Å²) in [5, 5.41) is 2.30. The molecule has 1 heterocycles. The lowest BCUT2D eigenvalue weighted by atomic mass is 10.3. The zero-order valence-electron chi connectivity index (χ0n) is 6.22. The molecular formula is C6H6BrNO4. The van der Waals surface area contributed by atoms with Crippen LogP contribution in [0.2, 0.25) is 0 Å². The van der Waals surface area contributed by atoms with Crippen LogP contribution in [0.3, 0.4) is 0 Å². The van der Waals surface area contributed by atoms with Crippen LogP contribution in [0.1, 0.15) is 5.69 Å². The average molecular weight is 236 g/mol. The number of hydrogen-bond acceptors (Lipinski definition) is 4. The van der Waals surface area contributed by atoms with Crippen LogP contribution < -0.4 is 5.63 Å². The van der Waals surface area contributed by atoms with Crippen molar-refractivity contribution >= 4 is 21.9 Å². The van der Waals surface area contributed by atoms with E-state index in [1.165, 1.54) is 7.11 Å². The second-order valence-corrected chi connectivity index (χ2v) is 2.83. The van der Waals surface area contributed by atoms with Crippen molar-refractivity contribution in [3.8, 4) is 0 Å². The maximum Gasteiger partial charge on any atom is 0.371 e. The van der Waals surface area contributed by atoms with E-state index in [4.69, 9.17) is 0 Å². The molecule has 0 bridgehead atoms. The second kappa shape index (κ2) is 3.57. The van der Waals surface area contributed by atoms with Crippen LogP contribution in [-0.2, 0) is 16.0 Å². The normalized spacial score (nSPS) is 9.83. The van der Waals surface area contributed by atoms with Crippen molar-refractivity contribution in [2.45, 2.75) is 6.42 Å². The van der Waals surface area contributed by atoms with Gasteiger partial charge in [0.2, 0.25) is 0 Å². The Morgan fingerprint density at radius 2 is 2.42 bits per heavy atom. The molecule has 0 aromatic carbocycles. The molecule has 0 aliphatic carbocycles. The van der Waals surface area contributed by atoms with Crippen LogP contribution in [0.15, 0.2) is 13.8 Å². The van der Waals surface area contributed by atoms with E-state index in [0.717, 1.165) is 0 Å². The molecule has 6 heteroatoms. The van der Waals surface area contributed by atoms with Crippen LogP contribution in [0.4, 0.5) is 0 Å². The smallest absolute Gasteiger partial charge is 0.371 e. The standard InChI is InChI=1S/C6H6BrNO4/c1-11-4(9)2-3-5(7)6(10)12-8-3/h8H,2H2,1H3. The first-order valence-electron chi connectivity index (χ1n) is 3.07. The summed E-state index contributed by atoms with van der Waals surface area (Å²) in [6, 6.07) is 0. The number of ether oxygens (including phenoxy) is 1. The van der Waals surface area contributed by atoms with Gasteiger partial charge in [0.05, 0.1) is 19.2 Å². The number of H-pyrrole nitrogens is 1. The summed E-state index contributed by atoms with van der Waals surface area (Å²) in [5.41, 5.74) is -0.152. The van der Waals surface area contributed by atoms with Crippen LogP contribution >= 0.6 is 15.9 Å². The molecule has 1 rings (SSSR count). The molecule has 66 valence electrons. The third kappa shape index (κ3) is 1.76. The minimum absolute atomic E-state index is 0.0111. The van der Waals surface area contributed by atoms with E-state index in [1.54, 1.807) is 0 Å². The van der Waals surface area contributed by atoms with Crippen LogP contribution in [0, 0.1) is 0 Å². The lowest BCUT2D eigenvalue weighted by molar-refractivity contribution is -0.139. The first-order valence-corrected chi connectivity index (χ1v) is 3.87. The van der Waals surface area contributed by atoms with E-state index in [0.29, 0.717) is 5.69 Å². The molecule has 0 aliphatic heterocycles. The number of esters is 1. The Morgan fingerprint density at radius 3 is 2.83 bits per heavy atom. The average Bonchev–Trinajstić information content (AvgIpc) is 2.36. The van der Waals surface area contributed by atoms with Gasteiger partial charge in [-0.25, -0.2) is 9.95 Å². The molecule has 0 saturated heterocycles. The zero-order chi connectivity index (χ0) is 9.14. The first-order chi connectivity index (χ1) is 5.65. The molecule has 1 N–H and O–H groups in total. The van der Waals surface area contributed by atoms with Crippen molar-refractivity contribution in [1.29, 1.82) is 0 Å². The van der Waals surface area contributed by atoms with Gasteiger partial charge in [0.25, 0.3) is 0 Å². The van der Waals surface area contributed by atoms with E-state index in [1.807, 2.05) is 0 Å². The molecule has 1 aromatic heterocycles. The molecule has 5 nitrogen and oxygen atoms in total. The van der Waals surface area contributed by atoms with E-state index in [2.05, 4.69) is 30.3 Å². The zero-order valence-corrected chi connectivity index (χ0v) is 7.80. The number of carbonyl (C=O) groups excluding carboxylic acids is 1. The topological polar surface area (TPSA) is 72.3 Å². The minimum atomic E-state index is -0.533. The first kappa shape index (κ1) is 9.05. The summed E-state index contributed by atoms with van der Waals surface area (Å²) in [7, 11) is 1.27. The minimum Gasteiger partial charge on any atom is -0.469 e. The quantitative estimate of drug-likeness (QED) is 0.756. The molecule has 1 aromatic rings. The largest absolute Gasteiger partial charge is 0.469 e. The highest BCUT2D eigenvalue weighted by atomic mass is 79.9. The Kier molecular flexibility index (Phi) is 2.69. The fourth-order valence-electron chi connectivity index (χ4n) is 0.651. The lowest BCUT2D eigenvalue weighted by Gasteiger charge is -1.94. The number of halogens is 1. The van der Waals surface area contributed by atoms with Crippen molar-refractivity contribution in [2.75, 3.05) is 7.11 Å². The molecular weight excluding hydrogens is 230 g/mol. The van der Waals surface area contributed by atoms with Crippen LogP contribution in [-0.4, -0.2) is 18.2 Å². The number of aromatic nitrogens is 1. The number of nitrogens with one attached hydrogen (secondary N) is 1. The van der Waals surface area contributed by atoms with Crippen LogP contribution in [0.25, 0.3) is 0 Å². The second-order valence-electron chi connectivity index (χ2n) is 2.04. The van der Waals surface area contributed by atoms with Gasteiger partial charge in [0.1, 0.15) is 4.47 Å². The van der Waals surface area contributed by atoms with Gasteiger partial charge < -0.3 is 9.26 Å². The maximum absolute atomic E-state index is 10.7. The molecule has 0 amide bonds. The van der Waals surface area contributed by atoms with Crippen molar-refractivity contribution in [2.24, 2.45) is 0 Å². The number of hydrogen-bond donors (Lipinski definition) is 1. The fourth-order valence-corrected chi connectivity index (χ4v) is 0.953. The summed E-state index contributed by atoms with van der Waals surface area (Å²) in [6.45, 7) is 0. The van der Waals surface area contributed by atoms with Gasteiger partial charge in [-0.2, -0.15) is 0 Å². The molecule has 12 heavy (non-hydrogen) atoms. The Morgan fingerprint density at radius 1 is 1.75 bits per heavy atom. The van der Waals surface area contributed by atoms with E-state index in [-0.39, 0.29) is 10.9 Å². The van der Waals surface area contributed by atoms with Crippen LogP contribution in [0.5, 0.6) is 0 Å². The molecule has 0 radical (unpaired) electrons. The van der Waals surface area contributed by atoms with Gasteiger partial charge in [-0.1, -0.05) is 0 Å². The third-order valence-corrected chi connectivity index (χ3v) is 2.06. The van der Waals surface area contributed by atoms with Gasteiger partial charge >= 0.3 is 11.6 Å².